The predicted molar refractivity (Wildman–Crippen MR) is 64.4 cm³/mol. The molecule has 1 unspecified atom stereocenters. The molecule has 0 bridgehead atoms. The molecule has 5 heteroatoms. The predicted octanol–water partition coefficient (Wildman–Crippen LogP) is -0.178. The summed E-state index contributed by atoms with van der Waals surface area (Å²) in [6.07, 6.45) is 0. The highest BCUT2D eigenvalue weighted by atomic mass is 16.1. The Balaban J connectivity index is 2.36. The first-order valence-corrected chi connectivity index (χ1v) is 5.50. The van der Waals surface area contributed by atoms with Gasteiger partial charge in [-0.1, -0.05) is 12.1 Å². The Morgan fingerprint density at radius 2 is 2.29 bits per heavy atom. The summed E-state index contributed by atoms with van der Waals surface area (Å²) in [6.45, 7) is 1.98. The Labute approximate surface area is 99.8 Å². The lowest BCUT2D eigenvalue weighted by Gasteiger charge is -2.36. The molecule has 1 amide bonds. The van der Waals surface area contributed by atoms with Crippen molar-refractivity contribution in [3.8, 4) is 6.07 Å². The maximum Gasteiger partial charge on any atom is 0.241 e. The van der Waals surface area contributed by atoms with E-state index in [1.807, 2.05) is 23.1 Å². The second kappa shape index (κ2) is 4.85. The second-order valence-corrected chi connectivity index (χ2v) is 3.94. The third-order valence-electron chi connectivity index (χ3n) is 2.91. The minimum absolute atomic E-state index is 0.370. The quantitative estimate of drug-likeness (QED) is 0.738. The molecule has 1 aliphatic rings. The van der Waals surface area contributed by atoms with Crippen LogP contribution in [-0.4, -0.2) is 31.6 Å². The van der Waals surface area contributed by atoms with E-state index < -0.39 is 6.04 Å². The standard InChI is InChI=1S/C12H14N4O/c13-7-9-3-1-2-4-10(9)16-6-5-15-8-11(16)12(14)17/h1-4,11,15H,5-6,8H2,(H2,14,17). The number of hydrogen-bond donors (Lipinski definition) is 2. The molecule has 5 nitrogen and oxygen atoms in total. The summed E-state index contributed by atoms with van der Waals surface area (Å²) in [7, 11) is 0. The molecule has 0 aromatic heterocycles. The van der Waals surface area contributed by atoms with E-state index in [1.54, 1.807) is 6.07 Å². The number of carbonyl (C=O) groups is 1. The molecular weight excluding hydrogens is 216 g/mol. The van der Waals surface area contributed by atoms with Gasteiger partial charge in [-0.15, -0.1) is 0 Å². The maximum atomic E-state index is 11.4. The number of amides is 1. The Bertz CT molecular complexity index is 466. The first-order chi connectivity index (χ1) is 8.24. The normalized spacial score (nSPS) is 19.7. The zero-order valence-corrected chi connectivity index (χ0v) is 9.39. The number of nitrogens with zero attached hydrogens (tertiary/aromatic N) is 2. The van der Waals surface area contributed by atoms with Crippen molar-refractivity contribution < 1.29 is 4.79 Å². The van der Waals surface area contributed by atoms with Gasteiger partial charge in [0.1, 0.15) is 12.1 Å². The van der Waals surface area contributed by atoms with Gasteiger partial charge in [-0.2, -0.15) is 5.26 Å². The number of nitrogens with two attached hydrogens (primary N) is 1. The highest BCUT2D eigenvalue weighted by molar-refractivity contribution is 5.85. The lowest BCUT2D eigenvalue weighted by molar-refractivity contribution is -0.119. The fourth-order valence-corrected chi connectivity index (χ4v) is 2.07. The third-order valence-corrected chi connectivity index (χ3v) is 2.91. The zero-order valence-electron chi connectivity index (χ0n) is 9.39. The van der Waals surface area contributed by atoms with E-state index in [-0.39, 0.29) is 5.91 Å². The number of nitrogens with one attached hydrogen (secondary N) is 1. The summed E-state index contributed by atoms with van der Waals surface area (Å²) in [5.74, 6) is -0.370. The van der Waals surface area contributed by atoms with E-state index >= 15 is 0 Å². The van der Waals surface area contributed by atoms with Gasteiger partial charge in [-0.3, -0.25) is 4.79 Å². The summed E-state index contributed by atoms with van der Waals surface area (Å²) in [5.41, 5.74) is 6.73. The molecule has 0 saturated carbocycles. The lowest BCUT2D eigenvalue weighted by Crippen LogP contribution is -2.57. The lowest BCUT2D eigenvalue weighted by atomic mass is 10.1. The van der Waals surface area contributed by atoms with E-state index in [2.05, 4.69) is 11.4 Å². The average molecular weight is 230 g/mol. The van der Waals surface area contributed by atoms with Crippen molar-refractivity contribution in [3.63, 3.8) is 0 Å². The van der Waals surface area contributed by atoms with E-state index in [1.165, 1.54) is 0 Å². The van der Waals surface area contributed by atoms with Gasteiger partial charge in [-0.25, -0.2) is 0 Å². The first kappa shape index (κ1) is 11.4. The van der Waals surface area contributed by atoms with Crippen LogP contribution in [0.5, 0.6) is 0 Å². The highest BCUT2D eigenvalue weighted by Crippen LogP contribution is 2.22. The molecule has 0 aliphatic carbocycles. The van der Waals surface area contributed by atoms with Gasteiger partial charge in [0.2, 0.25) is 5.91 Å². The number of carbonyl (C=O) groups excluding carboxylic acids is 1. The van der Waals surface area contributed by atoms with Crippen molar-refractivity contribution in [2.24, 2.45) is 5.73 Å². The Hall–Kier alpha value is -2.06. The fraction of sp³-hybridized carbons (Fsp3) is 0.333. The van der Waals surface area contributed by atoms with Crippen LogP contribution in [0.1, 0.15) is 5.56 Å². The molecule has 0 spiro atoms. The number of benzene rings is 1. The van der Waals surface area contributed by atoms with Crippen LogP contribution in [0, 0.1) is 11.3 Å². The zero-order chi connectivity index (χ0) is 12.3. The summed E-state index contributed by atoms with van der Waals surface area (Å²) in [5, 5.41) is 12.2. The number of primary amides is 1. The molecule has 1 aromatic rings. The topological polar surface area (TPSA) is 82.2 Å². The van der Waals surface area contributed by atoms with Crippen LogP contribution in [0.4, 0.5) is 5.69 Å². The molecule has 17 heavy (non-hydrogen) atoms. The van der Waals surface area contributed by atoms with Crippen LogP contribution in [0.2, 0.25) is 0 Å². The first-order valence-electron chi connectivity index (χ1n) is 5.50. The number of rotatable bonds is 2. The summed E-state index contributed by atoms with van der Waals surface area (Å²) >= 11 is 0. The molecule has 3 N–H and O–H groups in total. The highest BCUT2D eigenvalue weighted by Gasteiger charge is 2.28. The van der Waals surface area contributed by atoms with Gasteiger partial charge >= 0.3 is 0 Å². The van der Waals surface area contributed by atoms with Gasteiger partial charge in [0.15, 0.2) is 0 Å². The molecule has 1 aliphatic heterocycles. The van der Waals surface area contributed by atoms with Crippen LogP contribution in [0.25, 0.3) is 0 Å². The molecule has 0 radical (unpaired) electrons. The SMILES string of the molecule is N#Cc1ccccc1N1CCNCC1C(N)=O. The molecule has 1 aromatic carbocycles. The van der Waals surface area contributed by atoms with E-state index in [0.717, 1.165) is 12.2 Å². The second-order valence-electron chi connectivity index (χ2n) is 3.94. The molecule has 1 heterocycles. The molecule has 1 fully saturated rings. The summed E-state index contributed by atoms with van der Waals surface area (Å²) in [6, 6.07) is 9.01. The molecular formula is C12H14N4O. The van der Waals surface area contributed by atoms with Crippen molar-refractivity contribution in [1.82, 2.24) is 5.32 Å². The van der Waals surface area contributed by atoms with E-state index in [4.69, 9.17) is 11.0 Å². The Kier molecular flexibility index (Phi) is 3.26. The van der Waals surface area contributed by atoms with Crippen molar-refractivity contribution in [2.45, 2.75) is 6.04 Å². The minimum atomic E-state index is -0.391. The van der Waals surface area contributed by atoms with E-state index in [9.17, 15) is 4.79 Å². The van der Waals surface area contributed by atoms with Gasteiger partial charge in [0.25, 0.3) is 0 Å². The average Bonchev–Trinajstić information content (AvgIpc) is 2.38. The fourth-order valence-electron chi connectivity index (χ4n) is 2.07. The molecule has 88 valence electrons. The monoisotopic (exact) mass is 230 g/mol. The van der Waals surface area contributed by atoms with Gasteiger partial charge in [-0.05, 0) is 12.1 Å². The largest absolute Gasteiger partial charge is 0.368 e. The number of anilines is 1. The van der Waals surface area contributed by atoms with E-state index in [0.29, 0.717) is 18.7 Å². The number of nitriles is 1. The van der Waals surface area contributed by atoms with Crippen LogP contribution in [0.3, 0.4) is 0 Å². The molecule has 1 atom stereocenters. The number of hydrogen-bond acceptors (Lipinski definition) is 4. The Morgan fingerprint density at radius 3 is 3.00 bits per heavy atom. The smallest absolute Gasteiger partial charge is 0.241 e. The van der Waals surface area contributed by atoms with Crippen molar-refractivity contribution in [2.75, 3.05) is 24.5 Å². The van der Waals surface area contributed by atoms with Crippen molar-refractivity contribution in [3.05, 3.63) is 29.8 Å². The summed E-state index contributed by atoms with van der Waals surface area (Å²) in [4.78, 5) is 13.3. The summed E-state index contributed by atoms with van der Waals surface area (Å²) < 4.78 is 0. The minimum Gasteiger partial charge on any atom is -0.368 e. The van der Waals surface area contributed by atoms with Crippen molar-refractivity contribution in [1.29, 1.82) is 5.26 Å². The molecule has 2 rings (SSSR count). The number of piperazine rings is 1. The van der Waals surface area contributed by atoms with Crippen LogP contribution < -0.4 is 16.0 Å². The van der Waals surface area contributed by atoms with Gasteiger partial charge in [0, 0.05) is 19.6 Å². The molecule has 1 saturated heterocycles. The Morgan fingerprint density at radius 1 is 1.53 bits per heavy atom. The van der Waals surface area contributed by atoms with Crippen molar-refractivity contribution >= 4 is 11.6 Å². The van der Waals surface area contributed by atoms with Crippen LogP contribution in [-0.2, 0) is 4.79 Å². The number of para-hydroxylation sites is 1. The van der Waals surface area contributed by atoms with Gasteiger partial charge in [0.05, 0.1) is 11.3 Å². The van der Waals surface area contributed by atoms with Crippen LogP contribution in [0.15, 0.2) is 24.3 Å². The maximum absolute atomic E-state index is 11.4. The van der Waals surface area contributed by atoms with Crippen LogP contribution >= 0.6 is 0 Å². The van der Waals surface area contributed by atoms with Gasteiger partial charge < -0.3 is 16.0 Å². The third kappa shape index (κ3) is 2.22.